The van der Waals surface area contributed by atoms with Gasteiger partial charge in [0.25, 0.3) is 0 Å². The Morgan fingerprint density at radius 3 is 2.38 bits per heavy atom. The first-order chi connectivity index (χ1) is 15.2. The Morgan fingerprint density at radius 2 is 1.62 bits per heavy atom. The molecule has 0 unspecified atom stereocenters. The molecule has 1 aliphatic carbocycles. The number of Topliss-reactive ketones (excluding diaryl/α,β-unsaturated/α-hetero) is 1. The third-order valence-electron chi connectivity index (χ3n) is 5.54. The van der Waals surface area contributed by atoms with Gasteiger partial charge in [-0.15, -0.1) is 0 Å². The second-order valence-electron chi connectivity index (χ2n) is 7.85. The number of nitrogens with zero attached hydrogens (tertiary/aromatic N) is 1. The van der Waals surface area contributed by atoms with E-state index >= 15 is 0 Å². The minimum atomic E-state index is -3.71. The second kappa shape index (κ2) is 8.59. The molecule has 164 valence electrons. The van der Waals surface area contributed by atoms with Crippen LogP contribution in [0.25, 0.3) is 11.1 Å². The van der Waals surface area contributed by atoms with Gasteiger partial charge in [-0.25, -0.2) is 8.42 Å². The maximum atomic E-state index is 12.7. The summed E-state index contributed by atoms with van der Waals surface area (Å²) in [6.07, 6.45) is 1.86. The standard InChI is InChI=1S/C25H23NO5S/c1-17-7-3-6-10-23(17)26(32(2,29)30)15-25(28)31-16-24(27)20-12-11-19-13-18-8-4-5-9-21(18)22(19)14-20/h3-12,14H,13,15-16H2,1-2H3. The van der Waals surface area contributed by atoms with Crippen LogP contribution in [0.15, 0.2) is 66.7 Å². The number of aryl methyl sites for hydroxylation is 1. The average molecular weight is 450 g/mol. The summed E-state index contributed by atoms with van der Waals surface area (Å²) in [5.41, 5.74) is 6.05. The number of hydrogen-bond acceptors (Lipinski definition) is 5. The fourth-order valence-corrected chi connectivity index (χ4v) is 4.82. The number of benzene rings is 3. The van der Waals surface area contributed by atoms with Crippen molar-refractivity contribution < 1.29 is 22.7 Å². The predicted octanol–water partition coefficient (Wildman–Crippen LogP) is 3.76. The van der Waals surface area contributed by atoms with Gasteiger partial charge in [-0.1, -0.05) is 54.6 Å². The summed E-state index contributed by atoms with van der Waals surface area (Å²) < 4.78 is 30.6. The summed E-state index contributed by atoms with van der Waals surface area (Å²) in [5, 5.41) is 0. The molecule has 0 bridgehead atoms. The van der Waals surface area contributed by atoms with Gasteiger partial charge < -0.3 is 4.74 Å². The molecule has 6 nitrogen and oxygen atoms in total. The number of ketones is 1. The van der Waals surface area contributed by atoms with Crippen LogP contribution in [-0.2, 0) is 26.0 Å². The highest BCUT2D eigenvalue weighted by atomic mass is 32.2. The molecule has 7 heteroatoms. The summed E-state index contributed by atoms with van der Waals surface area (Å²) >= 11 is 0. The SMILES string of the molecule is Cc1ccccc1N(CC(=O)OCC(=O)c1ccc2c(c1)-c1ccccc1C2)S(C)(=O)=O. The largest absolute Gasteiger partial charge is 0.456 e. The molecule has 0 aliphatic heterocycles. The molecule has 0 amide bonds. The van der Waals surface area contributed by atoms with Crippen molar-refractivity contribution in [3.63, 3.8) is 0 Å². The number of anilines is 1. The quantitative estimate of drug-likeness (QED) is 0.317. The molecule has 0 saturated carbocycles. The molecule has 0 saturated heterocycles. The van der Waals surface area contributed by atoms with Crippen LogP contribution in [0.5, 0.6) is 0 Å². The summed E-state index contributed by atoms with van der Waals surface area (Å²) in [4.78, 5) is 25.0. The van der Waals surface area contributed by atoms with Gasteiger partial charge in [-0.2, -0.15) is 0 Å². The molecule has 0 aromatic heterocycles. The molecule has 32 heavy (non-hydrogen) atoms. The Hall–Kier alpha value is -3.45. The van der Waals surface area contributed by atoms with Crippen molar-refractivity contribution in [2.75, 3.05) is 23.7 Å². The van der Waals surface area contributed by atoms with E-state index in [1.807, 2.05) is 30.3 Å². The molecular formula is C25H23NO5S. The first-order valence-corrected chi connectivity index (χ1v) is 12.0. The van der Waals surface area contributed by atoms with E-state index in [1.54, 1.807) is 37.3 Å². The Balaban J connectivity index is 1.45. The van der Waals surface area contributed by atoms with Crippen LogP contribution in [0.1, 0.15) is 27.0 Å². The topological polar surface area (TPSA) is 80.8 Å². The van der Waals surface area contributed by atoms with Gasteiger partial charge in [0.05, 0.1) is 11.9 Å². The van der Waals surface area contributed by atoms with E-state index < -0.39 is 29.1 Å². The van der Waals surface area contributed by atoms with E-state index in [1.165, 1.54) is 5.56 Å². The summed E-state index contributed by atoms with van der Waals surface area (Å²) in [6, 6.07) is 20.4. The lowest BCUT2D eigenvalue weighted by Crippen LogP contribution is -2.36. The zero-order valence-electron chi connectivity index (χ0n) is 17.9. The zero-order chi connectivity index (χ0) is 22.9. The van der Waals surface area contributed by atoms with E-state index in [0.29, 0.717) is 16.8 Å². The Morgan fingerprint density at radius 1 is 0.938 bits per heavy atom. The fourth-order valence-electron chi connectivity index (χ4n) is 3.91. The number of carbonyl (C=O) groups is 2. The number of carbonyl (C=O) groups excluding carboxylic acids is 2. The van der Waals surface area contributed by atoms with Crippen molar-refractivity contribution in [3.8, 4) is 11.1 Å². The van der Waals surface area contributed by atoms with E-state index in [-0.39, 0.29) is 5.78 Å². The van der Waals surface area contributed by atoms with Crippen LogP contribution in [0.4, 0.5) is 5.69 Å². The third kappa shape index (κ3) is 4.43. The molecule has 1 aliphatic rings. The van der Waals surface area contributed by atoms with E-state index in [0.717, 1.165) is 33.7 Å². The molecular weight excluding hydrogens is 426 g/mol. The van der Waals surface area contributed by atoms with E-state index in [4.69, 9.17) is 4.74 Å². The molecule has 0 fully saturated rings. The van der Waals surface area contributed by atoms with E-state index in [2.05, 4.69) is 6.07 Å². The van der Waals surface area contributed by atoms with Gasteiger partial charge >= 0.3 is 5.97 Å². The lowest BCUT2D eigenvalue weighted by molar-refractivity contribution is -0.140. The van der Waals surface area contributed by atoms with Gasteiger partial charge in [-0.05, 0) is 53.3 Å². The predicted molar refractivity (Wildman–Crippen MR) is 123 cm³/mol. The Labute approximate surface area is 187 Å². The van der Waals surface area contributed by atoms with Crippen LogP contribution >= 0.6 is 0 Å². The normalized spacial score (nSPS) is 12.1. The van der Waals surface area contributed by atoms with Gasteiger partial charge in [0.15, 0.2) is 12.4 Å². The Kier molecular flexibility index (Phi) is 5.84. The zero-order valence-corrected chi connectivity index (χ0v) is 18.7. The van der Waals surface area contributed by atoms with Gasteiger partial charge in [0.2, 0.25) is 10.0 Å². The van der Waals surface area contributed by atoms with Gasteiger partial charge in [0, 0.05) is 5.56 Å². The fraction of sp³-hybridized carbons (Fsp3) is 0.200. The number of rotatable bonds is 7. The molecule has 3 aromatic carbocycles. The van der Waals surface area contributed by atoms with Crippen LogP contribution in [0.3, 0.4) is 0 Å². The lowest BCUT2D eigenvalue weighted by Gasteiger charge is -2.23. The van der Waals surface area contributed by atoms with Crippen LogP contribution < -0.4 is 4.31 Å². The first-order valence-electron chi connectivity index (χ1n) is 10.2. The van der Waals surface area contributed by atoms with Gasteiger partial charge in [0.1, 0.15) is 6.54 Å². The minimum Gasteiger partial charge on any atom is -0.456 e. The molecule has 0 N–H and O–H groups in total. The summed E-state index contributed by atoms with van der Waals surface area (Å²) in [7, 11) is -3.71. The van der Waals surface area contributed by atoms with Crippen molar-refractivity contribution in [2.24, 2.45) is 0 Å². The third-order valence-corrected chi connectivity index (χ3v) is 6.67. The molecule has 3 aromatic rings. The number of hydrogen-bond donors (Lipinski definition) is 0. The molecule has 4 rings (SSSR count). The number of sulfonamides is 1. The molecule has 0 atom stereocenters. The highest BCUT2D eigenvalue weighted by molar-refractivity contribution is 7.92. The number of para-hydroxylation sites is 1. The highest BCUT2D eigenvalue weighted by Crippen LogP contribution is 2.36. The van der Waals surface area contributed by atoms with Crippen molar-refractivity contribution in [1.29, 1.82) is 0 Å². The monoisotopic (exact) mass is 449 g/mol. The maximum Gasteiger partial charge on any atom is 0.327 e. The van der Waals surface area contributed by atoms with Crippen molar-refractivity contribution in [1.82, 2.24) is 0 Å². The van der Waals surface area contributed by atoms with Gasteiger partial charge in [-0.3, -0.25) is 13.9 Å². The first kappa shape index (κ1) is 21.8. The average Bonchev–Trinajstić information content (AvgIpc) is 3.13. The lowest BCUT2D eigenvalue weighted by atomic mass is 10.0. The minimum absolute atomic E-state index is 0.340. The number of ether oxygens (including phenoxy) is 1. The van der Waals surface area contributed by atoms with E-state index in [9.17, 15) is 18.0 Å². The van der Waals surface area contributed by atoms with Crippen molar-refractivity contribution in [3.05, 3.63) is 89.0 Å². The smallest absolute Gasteiger partial charge is 0.327 e. The summed E-state index contributed by atoms with van der Waals surface area (Å²) in [6.45, 7) is 0.799. The summed E-state index contributed by atoms with van der Waals surface area (Å²) in [5.74, 6) is -1.13. The van der Waals surface area contributed by atoms with Crippen LogP contribution in [0.2, 0.25) is 0 Å². The highest BCUT2D eigenvalue weighted by Gasteiger charge is 2.24. The molecule has 0 heterocycles. The molecule has 0 radical (unpaired) electrons. The molecule has 0 spiro atoms. The van der Waals surface area contributed by atoms with Crippen LogP contribution in [0, 0.1) is 6.92 Å². The van der Waals surface area contributed by atoms with Crippen LogP contribution in [-0.4, -0.2) is 39.6 Å². The number of esters is 1. The Bertz CT molecular complexity index is 1310. The van der Waals surface area contributed by atoms with Crippen molar-refractivity contribution in [2.45, 2.75) is 13.3 Å². The van der Waals surface area contributed by atoms with Crippen molar-refractivity contribution >= 4 is 27.5 Å². The maximum absolute atomic E-state index is 12.7. The number of fused-ring (bicyclic) bond motifs is 3. The second-order valence-corrected chi connectivity index (χ2v) is 9.75.